The molecule has 1 fully saturated rings. The summed E-state index contributed by atoms with van der Waals surface area (Å²) < 4.78 is 7.60. The predicted molar refractivity (Wildman–Crippen MR) is 75.2 cm³/mol. The van der Waals surface area contributed by atoms with Gasteiger partial charge < -0.3 is 14.6 Å². The van der Waals surface area contributed by atoms with Gasteiger partial charge in [-0.15, -0.1) is 0 Å². The molecule has 1 N–H and O–H groups in total. The molecule has 0 aliphatic carbocycles. The molecule has 1 atom stereocenters. The Labute approximate surface area is 113 Å². The molecule has 2 aromatic rings. The summed E-state index contributed by atoms with van der Waals surface area (Å²) in [5.74, 6) is 2.00. The molecule has 4 nitrogen and oxygen atoms in total. The molecule has 1 aromatic carbocycles. The van der Waals surface area contributed by atoms with Crippen molar-refractivity contribution in [1.82, 2.24) is 14.9 Å². The Kier molecular flexibility index (Phi) is 3.25. The standard InChI is InChI=1S/C15H19N3O/c1-18-13(11-6-3-4-8-14(11)19-2)10-17-15(18)12-7-5-9-16-12/h3-4,6,8,10,12,16H,5,7,9H2,1-2H3. The second kappa shape index (κ2) is 5.05. The van der Waals surface area contributed by atoms with Gasteiger partial charge in [0.15, 0.2) is 0 Å². The van der Waals surface area contributed by atoms with Crippen LogP contribution >= 0.6 is 0 Å². The van der Waals surface area contributed by atoms with Crippen LogP contribution in [0.25, 0.3) is 11.3 Å². The molecule has 0 amide bonds. The third kappa shape index (κ3) is 2.12. The summed E-state index contributed by atoms with van der Waals surface area (Å²) in [4.78, 5) is 4.59. The van der Waals surface area contributed by atoms with E-state index in [0.717, 1.165) is 35.8 Å². The highest BCUT2D eigenvalue weighted by Crippen LogP contribution is 2.32. The highest BCUT2D eigenvalue weighted by atomic mass is 16.5. The van der Waals surface area contributed by atoms with Gasteiger partial charge in [-0.05, 0) is 31.5 Å². The fraction of sp³-hybridized carbons (Fsp3) is 0.400. The Morgan fingerprint density at radius 1 is 1.37 bits per heavy atom. The van der Waals surface area contributed by atoms with Crippen LogP contribution in [0.2, 0.25) is 0 Å². The van der Waals surface area contributed by atoms with E-state index in [1.807, 2.05) is 24.4 Å². The Bertz CT molecular complexity index is 571. The molecule has 2 heterocycles. The minimum absolute atomic E-state index is 0.383. The van der Waals surface area contributed by atoms with Gasteiger partial charge >= 0.3 is 0 Å². The van der Waals surface area contributed by atoms with Crippen molar-refractivity contribution in [3.05, 3.63) is 36.3 Å². The minimum Gasteiger partial charge on any atom is -0.496 e. The van der Waals surface area contributed by atoms with Gasteiger partial charge in [-0.2, -0.15) is 0 Å². The SMILES string of the molecule is COc1ccccc1-c1cnc(C2CCCN2)n1C. The molecule has 1 aliphatic heterocycles. The van der Waals surface area contributed by atoms with Crippen LogP contribution in [0.3, 0.4) is 0 Å². The smallest absolute Gasteiger partial charge is 0.128 e. The van der Waals surface area contributed by atoms with Crippen molar-refractivity contribution in [2.45, 2.75) is 18.9 Å². The minimum atomic E-state index is 0.383. The van der Waals surface area contributed by atoms with E-state index in [-0.39, 0.29) is 0 Å². The summed E-state index contributed by atoms with van der Waals surface area (Å²) in [6.45, 7) is 1.08. The first kappa shape index (κ1) is 12.2. The summed E-state index contributed by atoms with van der Waals surface area (Å²) >= 11 is 0. The van der Waals surface area contributed by atoms with Crippen LogP contribution in [-0.2, 0) is 7.05 Å². The van der Waals surface area contributed by atoms with Crippen LogP contribution in [-0.4, -0.2) is 23.2 Å². The van der Waals surface area contributed by atoms with Gasteiger partial charge in [-0.25, -0.2) is 4.98 Å². The summed E-state index contributed by atoms with van der Waals surface area (Å²) in [7, 11) is 3.78. The molecule has 1 saturated heterocycles. The maximum atomic E-state index is 5.43. The normalized spacial score (nSPS) is 18.7. The van der Waals surface area contributed by atoms with E-state index >= 15 is 0 Å². The second-order valence-corrected chi connectivity index (χ2v) is 4.91. The zero-order valence-corrected chi connectivity index (χ0v) is 11.4. The van der Waals surface area contributed by atoms with Gasteiger partial charge in [-0.3, -0.25) is 0 Å². The van der Waals surface area contributed by atoms with Gasteiger partial charge in [0.05, 0.1) is 25.0 Å². The Hall–Kier alpha value is -1.81. The van der Waals surface area contributed by atoms with Crippen molar-refractivity contribution in [3.63, 3.8) is 0 Å². The van der Waals surface area contributed by atoms with Gasteiger partial charge in [0.1, 0.15) is 11.6 Å². The summed E-state index contributed by atoms with van der Waals surface area (Å²) in [5, 5.41) is 3.49. The largest absolute Gasteiger partial charge is 0.496 e. The lowest BCUT2D eigenvalue weighted by atomic mass is 10.1. The summed E-state index contributed by atoms with van der Waals surface area (Å²) in [5.41, 5.74) is 2.19. The van der Waals surface area contributed by atoms with E-state index < -0.39 is 0 Å². The molecule has 3 rings (SSSR count). The summed E-state index contributed by atoms with van der Waals surface area (Å²) in [6.07, 6.45) is 4.32. The van der Waals surface area contributed by atoms with Gasteiger partial charge in [0.2, 0.25) is 0 Å². The third-order valence-electron chi connectivity index (χ3n) is 3.78. The van der Waals surface area contributed by atoms with Gasteiger partial charge in [-0.1, -0.05) is 12.1 Å². The molecule has 0 radical (unpaired) electrons. The zero-order chi connectivity index (χ0) is 13.2. The molecule has 0 bridgehead atoms. The maximum absolute atomic E-state index is 5.43. The van der Waals surface area contributed by atoms with E-state index in [2.05, 4.69) is 28.0 Å². The first-order valence-electron chi connectivity index (χ1n) is 6.69. The van der Waals surface area contributed by atoms with Crippen molar-refractivity contribution in [1.29, 1.82) is 0 Å². The van der Waals surface area contributed by atoms with Crippen molar-refractivity contribution in [3.8, 4) is 17.0 Å². The predicted octanol–water partition coefficient (Wildman–Crippen LogP) is 2.52. The van der Waals surface area contributed by atoms with E-state index in [9.17, 15) is 0 Å². The van der Waals surface area contributed by atoms with Crippen molar-refractivity contribution in [2.75, 3.05) is 13.7 Å². The van der Waals surface area contributed by atoms with Gasteiger partial charge in [0, 0.05) is 12.6 Å². The highest BCUT2D eigenvalue weighted by molar-refractivity contribution is 5.67. The lowest BCUT2D eigenvalue weighted by Crippen LogP contribution is -2.17. The maximum Gasteiger partial charge on any atom is 0.128 e. The molecule has 4 heteroatoms. The number of methoxy groups -OCH3 is 1. The average molecular weight is 257 g/mol. The number of benzene rings is 1. The number of nitrogens with one attached hydrogen (secondary N) is 1. The molecule has 100 valence electrons. The zero-order valence-electron chi connectivity index (χ0n) is 11.4. The number of ether oxygens (including phenoxy) is 1. The molecule has 1 aliphatic rings. The van der Waals surface area contributed by atoms with Gasteiger partial charge in [0.25, 0.3) is 0 Å². The quantitative estimate of drug-likeness (QED) is 0.918. The van der Waals surface area contributed by atoms with Crippen LogP contribution in [0.1, 0.15) is 24.7 Å². The Morgan fingerprint density at radius 3 is 2.95 bits per heavy atom. The van der Waals surface area contributed by atoms with Crippen LogP contribution in [0, 0.1) is 0 Å². The highest BCUT2D eigenvalue weighted by Gasteiger charge is 2.22. The van der Waals surface area contributed by atoms with E-state index in [1.165, 1.54) is 6.42 Å². The fourth-order valence-corrected chi connectivity index (χ4v) is 2.76. The van der Waals surface area contributed by atoms with E-state index in [0.29, 0.717) is 6.04 Å². The topological polar surface area (TPSA) is 39.1 Å². The molecular weight excluding hydrogens is 238 g/mol. The van der Waals surface area contributed by atoms with Crippen molar-refractivity contribution < 1.29 is 4.74 Å². The van der Waals surface area contributed by atoms with Crippen LogP contribution < -0.4 is 10.1 Å². The number of hydrogen-bond acceptors (Lipinski definition) is 3. The van der Waals surface area contributed by atoms with E-state index in [1.54, 1.807) is 7.11 Å². The van der Waals surface area contributed by atoms with Crippen LogP contribution in [0.5, 0.6) is 5.75 Å². The van der Waals surface area contributed by atoms with Crippen molar-refractivity contribution >= 4 is 0 Å². The van der Waals surface area contributed by atoms with Crippen LogP contribution in [0.4, 0.5) is 0 Å². The second-order valence-electron chi connectivity index (χ2n) is 4.91. The number of para-hydroxylation sites is 1. The molecular formula is C15H19N3O. The lowest BCUT2D eigenvalue weighted by molar-refractivity contribution is 0.416. The first-order valence-corrected chi connectivity index (χ1v) is 6.69. The van der Waals surface area contributed by atoms with Crippen molar-refractivity contribution in [2.24, 2.45) is 7.05 Å². The number of aromatic nitrogens is 2. The Morgan fingerprint density at radius 2 is 2.21 bits per heavy atom. The first-order chi connectivity index (χ1) is 9.31. The molecule has 0 spiro atoms. The monoisotopic (exact) mass is 257 g/mol. The number of nitrogens with zero attached hydrogens (tertiary/aromatic N) is 2. The molecule has 1 unspecified atom stereocenters. The van der Waals surface area contributed by atoms with E-state index in [4.69, 9.17) is 4.74 Å². The Balaban J connectivity index is 2.01. The number of imidazole rings is 1. The molecule has 0 saturated carbocycles. The number of rotatable bonds is 3. The third-order valence-corrected chi connectivity index (χ3v) is 3.78. The molecule has 1 aromatic heterocycles. The van der Waals surface area contributed by atoms with Crippen LogP contribution in [0.15, 0.2) is 30.5 Å². The fourth-order valence-electron chi connectivity index (χ4n) is 2.76. The average Bonchev–Trinajstić information content (AvgIpc) is 3.08. The molecule has 19 heavy (non-hydrogen) atoms. The lowest BCUT2D eigenvalue weighted by Gasteiger charge is -2.13. The summed E-state index contributed by atoms with van der Waals surface area (Å²) in [6, 6.07) is 8.45. The number of hydrogen-bond donors (Lipinski definition) is 1.